The van der Waals surface area contributed by atoms with Gasteiger partial charge >= 0.3 is 0 Å². The van der Waals surface area contributed by atoms with Crippen LogP contribution in [0.15, 0.2) is 34.9 Å². The number of hydrogen-bond donors (Lipinski definition) is 1. The minimum absolute atomic E-state index is 0.0483. The number of aliphatic hydroxyl groups is 1. The molecule has 2 atom stereocenters. The van der Waals surface area contributed by atoms with Crippen molar-refractivity contribution < 1.29 is 19.2 Å². The standard InChI is InChI=1S/C21H25N3O4/c1-14-18(19(22-28-14)15-7-3-2-4-8-15)21(27)24-12-9-17(25)16(13-24)20(26)23-10-5-6-11-23/h2-4,7-8,16-17,25H,5-6,9-13H2,1H3/t16-,17+/m0/s1. The highest BCUT2D eigenvalue weighted by Gasteiger charge is 2.39. The number of hydrogen-bond acceptors (Lipinski definition) is 5. The third-order valence-corrected chi connectivity index (χ3v) is 5.72. The number of aliphatic hydroxyl groups excluding tert-OH is 1. The molecule has 2 aliphatic heterocycles. The Balaban J connectivity index is 1.57. The van der Waals surface area contributed by atoms with E-state index in [1.165, 1.54) is 0 Å². The number of benzene rings is 1. The van der Waals surface area contributed by atoms with Gasteiger partial charge in [0.15, 0.2) is 0 Å². The van der Waals surface area contributed by atoms with Crippen LogP contribution in [0.25, 0.3) is 11.3 Å². The van der Waals surface area contributed by atoms with Gasteiger partial charge in [-0.1, -0.05) is 35.5 Å². The molecule has 0 unspecified atom stereocenters. The van der Waals surface area contributed by atoms with E-state index in [2.05, 4.69) is 5.16 Å². The Kier molecular flexibility index (Phi) is 5.17. The van der Waals surface area contributed by atoms with Crippen molar-refractivity contribution in [3.05, 3.63) is 41.7 Å². The fourth-order valence-electron chi connectivity index (χ4n) is 4.11. The minimum Gasteiger partial charge on any atom is -0.392 e. The van der Waals surface area contributed by atoms with Crippen LogP contribution in [0.5, 0.6) is 0 Å². The first-order valence-corrected chi connectivity index (χ1v) is 9.84. The molecule has 1 N–H and O–H groups in total. The van der Waals surface area contributed by atoms with Crippen molar-refractivity contribution in [3.8, 4) is 11.3 Å². The van der Waals surface area contributed by atoms with Crippen LogP contribution in [0.3, 0.4) is 0 Å². The zero-order chi connectivity index (χ0) is 19.7. The Morgan fingerprint density at radius 1 is 1.11 bits per heavy atom. The van der Waals surface area contributed by atoms with Gasteiger partial charge in [-0.3, -0.25) is 9.59 Å². The summed E-state index contributed by atoms with van der Waals surface area (Å²) in [7, 11) is 0. The molecule has 0 bridgehead atoms. The third kappa shape index (κ3) is 3.42. The summed E-state index contributed by atoms with van der Waals surface area (Å²) in [5.41, 5.74) is 1.75. The van der Waals surface area contributed by atoms with E-state index in [4.69, 9.17) is 4.52 Å². The van der Waals surface area contributed by atoms with Crippen LogP contribution in [0.2, 0.25) is 0 Å². The molecule has 148 valence electrons. The maximum atomic E-state index is 13.3. The van der Waals surface area contributed by atoms with Gasteiger partial charge in [0.05, 0.1) is 12.0 Å². The lowest BCUT2D eigenvalue weighted by Crippen LogP contribution is -2.52. The zero-order valence-corrected chi connectivity index (χ0v) is 16.0. The van der Waals surface area contributed by atoms with E-state index in [-0.39, 0.29) is 18.4 Å². The van der Waals surface area contributed by atoms with Gasteiger partial charge < -0.3 is 19.4 Å². The van der Waals surface area contributed by atoms with Gasteiger partial charge in [0.2, 0.25) is 5.91 Å². The molecule has 2 aliphatic rings. The number of piperidine rings is 1. The number of carbonyl (C=O) groups excluding carboxylic acids is 2. The van der Waals surface area contributed by atoms with Crippen molar-refractivity contribution >= 4 is 11.8 Å². The number of likely N-dealkylation sites (tertiary alicyclic amines) is 2. The van der Waals surface area contributed by atoms with Crippen molar-refractivity contribution in [2.24, 2.45) is 5.92 Å². The van der Waals surface area contributed by atoms with Gasteiger partial charge in [0.1, 0.15) is 17.0 Å². The van der Waals surface area contributed by atoms with Gasteiger partial charge in [-0.25, -0.2) is 0 Å². The summed E-state index contributed by atoms with van der Waals surface area (Å²) in [6.45, 7) is 3.81. The average Bonchev–Trinajstić information content (AvgIpc) is 3.38. The van der Waals surface area contributed by atoms with Crippen molar-refractivity contribution in [2.75, 3.05) is 26.2 Å². The maximum Gasteiger partial charge on any atom is 0.259 e. The highest BCUT2D eigenvalue weighted by Crippen LogP contribution is 2.29. The van der Waals surface area contributed by atoms with Crippen LogP contribution >= 0.6 is 0 Å². The van der Waals surface area contributed by atoms with E-state index < -0.39 is 12.0 Å². The zero-order valence-electron chi connectivity index (χ0n) is 16.0. The number of aryl methyl sites for hydroxylation is 1. The summed E-state index contributed by atoms with van der Waals surface area (Å²) < 4.78 is 5.32. The lowest BCUT2D eigenvalue weighted by molar-refractivity contribution is -0.140. The first kappa shape index (κ1) is 18.7. The summed E-state index contributed by atoms with van der Waals surface area (Å²) >= 11 is 0. The molecule has 0 saturated carbocycles. The smallest absolute Gasteiger partial charge is 0.259 e. The minimum atomic E-state index is -0.714. The van der Waals surface area contributed by atoms with Crippen molar-refractivity contribution in [2.45, 2.75) is 32.3 Å². The van der Waals surface area contributed by atoms with E-state index in [1.54, 1.807) is 11.8 Å². The van der Waals surface area contributed by atoms with Crippen molar-refractivity contribution in [3.63, 3.8) is 0 Å². The van der Waals surface area contributed by atoms with Crippen molar-refractivity contribution in [1.82, 2.24) is 15.0 Å². The fourth-order valence-corrected chi connectivity index (χ4v) is 4.11. The quantitative estimate of drug-likeness (QED) is 0.877. The third-order valence-electron chi connectivity index (χ3n) is 5.72. The van der Waals surface area contributed by atoms with E-state index in [0.717, 1.165) is 31.5 Å². The van der Waals surface area contributed by atoms with Crippen LogP contribution in [-0.2, 0) is 4.79 Å². The average molecular weight is 383 g/mol. The van der Waals surface area contributed by atoms with Crippen LogP contribution in [0.1, 0.15) is 35.4 Å². The molecule has 0 radical (unpaired) electrons. The second-order valence-corrected chi connectivity index (χ2v) is 7.57. The molecule has 1 aromatic heterocycles. The fraction of sp³-hybridized carbons (Fsp3) is 0.476. The molecule has 0 spiro atoms. The number of rotatable bonds is 3. The predicted octanol–water partition coefficient (Wildman–Crippen LogP) is 2.10. The molecular formula is C21H25N3O4. The predicted molar refractivity (Wildman–Crippen MR) is 103 cm³/mol. The molecule has 7 heteroatoms. The van der Waals surface area contributed by atoms with Gasteiger partial charge in [-0.2, -0.15) is 0 Å². The lowest BCUT2D eigenvalue weighted by Gasteiger charge is -2.37. The van der Waals surface area contributed by atoms with E-state index in [1.807, 2.05) is 35.2 Å². The lowest BCUT2D eigenvalue weighted by atomic mass is 9.92. The van der Waals surface area contributed by atoms with Gasteiger partial charge in [0, 0.05) is 31.7 Å². The van der Waals surface area contributed by atoms with E-state index in [9.17, 15) is 14.7 Å². The van der Waals surface area contributed by atoms with Crippen LogP contribution in [0, 0.1) is 12.8 Å². The highest BCUT2D eigenvalue weighted by molar-refractivity contribution is 6.01. The number of aromatic nitrogens is 1. The Morgan fingerprint density at radius 2 is 1.82 bits per heavy atom. The number of carbonyl (C=O) groups is 2. The molecule has 4 rings (SSSR count). The van der Waals surface area contributed by atoms with Crippen LogP contribution in [0.4, 0.5) is 0 Å². The first-order chi connectivity index (χ1) is 13.6. The summed E-state index contributed by atoms with van der Waals surface area (Å²) in [4.78, 5) is 29.6. The molecule has 1 aromatic carbocycles. The summed E-state index contributed by atoms with van der Waals surface area (Å²) in [6.07, 6.45) is 1.67. The maximum absolute atomic E-state index is 13.3. The molecule has 0 aliphatic carbocycles. The van der Waals surface area contributed by atoms with E-state index in [0.29, 0.717) is 30.0 Å². The van der Waals surface area contributed by atoms with Gasteiger partial charge in [0.25, 0.3) is 5.91 Å². The Bertz CT molecular complexity index is 858. The molecule has 2 fully saturated rings. The Hall–Kier alpha value is -2.67. The largest absolute Gasteiger partial charge is 0.392 e. The highest BCUT2D eigenvalue weighted by atomic mass is 16.5. The van der Waals surface area contributed by atoms with E-state index >= 15 is 0 Å². The van der Waals surface area contributed by atoms with Crippen LogP contribution < -0.4 is 0 Å². The summed E-state index contributed by atoms with van der Waals surface area (Å²) in [5.74, 6) is -0.370. The molecule has 2 saturated heterocycles. The molecule has 7 nitrogen and oxygen atoms in total. The van der Waals surface area contributed by atoms with Gasteiger partial charge in [-0.05, 0) is 26.2 Å². The first-order valence-electron chi connectivity index (χ1n) is 9.84. The second-order valence-electron chi connectivity index (χ2n) is 7.57. The normalized spacial score (nSPS) is 22.5. The van der Waals surface area contributed by atoms with Crippen molar-refractivity contribution in [1.29, 1.82) is 0 Å². The molecular weight excluding hydrogens is 358 g/mol. The number of amides is 2. The monoisotopic (exact) mass is 383 g/mol. The second kappa shape index (κ2) is 7.75. The summed E-state index contributed by atoms with van der Waals surface area (Å²) in [6, 6.07) is 9.44. The SMILES string of the molecule is Cc1onc(-c2ccccc2)c1C(=O)N1CC[C@@H](O)[C@@H](C(=O)N2CCCC2)C1. The Morgan fingerprint density at radius 3 is 2.54 bits per heavy atom. The number of nitrogens with zero attached hydrogens (tertiary/aromatic N) is 3. The molecule has 2 amide bonds. The molecule has 28 heavy (non-hydrogen) atoms. The van der Waals surface area contributed by atoms with Gasteiger partial charge in [-0.15, -0.1) is 0 Å². The van der Waals surface area contributed by atoms with Crippen LogP contribution in [-0.4, -0.2) is 64.2 Å². The Labute approximate surface area is 163 Å². The molecule has 3 heterocycles. The molecule has 2 aromatic rings. The summed E-state index contributed by atoms with van der Waals surface area (Å²) in [5, 5.41) is 14.5. The topological polar surface area (TPSA) is 86.9 Å².